The Bertz CT molecular complexity index is 783. The van der Waals surface area contributed by atoms with Crippen LogP contribution in [0, 0.1) is 5.41 Å². The summed E-state index contributed by atoms with van der Waals surface area (Å²) in [5.74, 6) is 1.32. The molecule has 8 heteroatoms. The minimum absolute atomic E-state index is 0.197. The van der Waals surface area contributed by atoms with Crippen molar-refractivity contribution in [2.75, 3.05) is 44.0 Å². The van der Waals surface area contributed by atoms with E-state index < -0.39 is 0 Å². The summed E-state index contributed by atoms with van der Waals surface area (Å²) in [5, 5.41) is 18.2. The third kappa shape index (κ3) is 4.09. The van der Waals surface area contributed by atoms with Gasteiger partial charge in [-0.1, -0.05) is 0 Å². The summed E-state index contributed by atoms with van der Waals surface area (Å²) in [6, 6.07) is 6.96. The molecular weight excluding hydrogens is 334 g/mol. The van der Waals surface area contributed by atoms with Gasteiger partial charge < -0.3 is 25.2 Å². The minimum Gasteiger partial charge on any atom is -0.491 e. The van der Waals surface area contributed by atoms with Gasteiger partial charge in [-0.3, -0.25) is 5.41 Å². The number of ether oxygens (including phenoxy) is 2. The Morgan fingerprint density at radius 2 is 2.19 bits per heavy atom. The number of β-amino-alcohol motifs (C(OH)–C–C–N with tert-alkyl or cyclic N) is 1. The molecule has 3 rings (SSSR count). The van der Waals surface area contributed by atoms with Crippen LogP contribution >= 0.6 is 0 Å². The number of benzene rings is 1. The number of hydrogen-bond acceptors (Lipinski definition) is 8. The van der Waals surface area contributed by atoms with Crippen molar-refractivity contribution in [1.29, 1.82) is 5.41 Å². The Morgan fingerprint density at radius 1 is 1.35 bits per heavy atom. The molecule has 138 valence electrons. The third-order valence-electron chi connectivity index (χ3n) is 4.25. The Balaban J connectivity index is 1.81. The first-order chi connectivity index (χ1) is 12.6. The van der Waals surface area contributed by atoms with Crippen LogP contribution in [0.3, 0.4) is 0 Å². The fourth-order valence-corrected chi connectivity index (χ4v) is 2.83. The molecule has 1 fully saturated rings. The molecule has 0 spiro atoms. The molecule has 1 saturated heterocycles. The van der Waals surface area contributed by atoms with Crippen LogP contribution in [0.4, 0.5) is 11.5 Å². The van der Waals surface area contributed by atoms with E-state index in [1.807, 2.05) is 4.90 Å². The smallest absolute Gasteiger partial charge is 0.132 e. The summed E-state index contributed by atoms with van der Waals surface area (Å²) in [4.78, 5) is 10.5. The van der Waals surface area contributed by atoms with Crippen LogP contribution in [-0.4, -0.2) is 60.3 Å². The number of methoxy groups -OCH3 is 1. The highest BCUT2D eigenvalue weighted by molar-refractivity contribution is 6.13. The van der Waals surface area contributed by atoms with E-state index in [-0.39, 0.29) is 11.8 Å². The van der Waals surface area contributed by atoms with Crippen molar-refractivity contribution in [3.8, 4) is 5.75 Å². The molecule has 8 nitrogen and oxygen atoms in total. The second kappa shape index (κ2) is 8.11. The number of nitrogens with two attached hydrogens (primary N) is 1. The number of nitrogens with one attached hydrogen (secondary N) is 1. The zero-order valence-electron chi connectivity index (χ0n) is 14.7. The van der Waals surface area contributed by atoms with E-state index in [0.29, 0.717) is 54.7 Å². The van der Waals surface area contributed by atoms with E-state index >= 15 is 0 Å². The van der Waals surface area contributed by atoms with Gasteiger partial charge in [0.1, 0.15) is 24.5 Å². The van der Waals surface area contributed by atoms with Crippen molar-refractivity contribution in [2.45, 2.75) is 12.5 Å². The van der Waals surface area contributed by atoms with E-state index in [0.717, 1.165) is 6.54 Å². The van der Waals surface area contributed by atoms with Gasteiger partial charge in [-0.15, -0.1) is 0 Å². The average molecular weight is 357 g/mol. The molecule has 2 heterocycles. The van der Waals surface area contributed by atoms with Crippen molar-refractivity contribution in [1.82, 2.24) is 9.97 Å². The summed E-state index contributed by atoms with van der Waals surface area (Å²) < 4.78 is 10.6. The van der Waals surface area contributed by atoms with Crippen molar-refractivity contribution in [2.24, 2.45) is 0 Å². The maximum Gasteiger partial charge on any atom is 0.132 e. The molecule has 0 saturated carbocycles. The van der Waals surface area contributed by atoms with Crippen molar-refractivity contribution in [3.05, 3.63) is 41.9 Å². The normalized spacial score (nSPS) is 16.7. The summed E-state index contributed by atoms with van der Waals surface area (Å²) >= 11 is 0. The van der Waals surface area contributed by atoms with Gasteiger partial charge in [0.05, 0.1) is 24.1 Å². The van der Waals surface area contributed by atoms with E-state index in [9.17, 15) is 5.11 Å². The average Bonchev–Trinajstić information content (AvgIpc) is 3.09. The number of anilines is 2. The molecule has 0 radical (unpaired) electrons. The Hall–Kier alpha value is -2.71. The fraction of sp³-hybridized carbons (Fsp3) is 0.389. The second-order valence-electron chi connectivity index (χ2n) is 6.12. The highest BCUT2D eigenvalue weighted by Gasteiger charge is 2.22. The van der Waals surface area contributed by atoms with Crippen LogP contribution < -0.4 is 15.4 Å². The maximum absolute atomic E-state index is 9.71. The minimum atomic E-state index is -0.343. The summed E-state index contributed by atoms with van der Waals surface area (Å²) in [6.07, 6.45) is 1.80. The number of aromatic nitrogens is 2. The Morgan fingerprint density at radius 3 is 2.92 bits per heavy atom. The van der Waals surface area contributed by atoms with Gasteiger partial charge in [0, 0.05) is 37.5 Å². The van der Waals surface area contributed by atoms with Crippen LogP contribution in [0.15, 0.2) is 30.6 Å². The van der Waals surface area contributed by atoms with E-state index in [2.05, 4.69) is 9.97 Å². The number of aliphatic hydroxyl groups excluding tert-OH is 1. The number of nitrogens with zero attached hydrogens (tertiary/aromatic N) is 3. The monoisotopic (exact) mass is 357 g/mol. The maximum atomic E-state index is 9.71. The fourth-order valence-electron chi connectivity index (χ4n) is 2.83. The Labute approximate surface area is 152 Å². The van der Waals surface area contributed by atoms with E-state index in [1.165, 1.54) is 6.33 Å². The lowest BCUT2D eigenvalue weighted by atomic mass is 10.0. The van der Waals surface area contributed by atoms with Gasteiger partial charge >= 0.3 is 0 Å². The van der Waals surface area contributed by atoms with E-state index in [1.54, 1.807) is 31.4 Å². The number of hydrogen-bond donors (Lipinski definition) is 3. The zero-order chi connectivity index (χ0) is 18.5. The first-order valence-electron chi connectivity index (χ1n) is 8.44. The summed E-state index contributed by atoms with van der Waals surface area (Å²) in [6.45, 7) is 2.17. The van der Waals surface area contributed by atoms with Crippen LogP contribution in [0.1, 0.15) is 17.7 Å². The van der Waals surface area contributed by atoms with Crippen molar-refractivity contribution >= 4 is 17.2 Å². The molecule has 2 aromatic rings. The lowest BCUT2D eigenvalue weighted by molar-refractivity contribution is 0.146. The molecule has 0 amide bonds. The van der Waals surface area contributed by atoms with Gasteiger partial charge in [0.2, 0.25) is 0 Å². The molecule has 1 atom stereocenters. The largest absolute Gasteiger partial charge is 0.491 e. The molecule has 4 N–H and O–H groups in total. The van der Waals surface area contributed by atoms with Crippen LogP contribution in [-0.2, 0) is 4.74 Å². The molecule has 0 unspecified atom stereocenters. The van der Waals surface area contributed by atoms with Crippen molar-refractivity contribution < 1.29 is 14.6 Å². The molecular formula is C18H23N5O3. The SMILES string of the molecule is COCCOc1ccc(N)c(C(=N)c2cc(N3CC[C@@H](O)C3)ncn2)c1. The van der Waals surface area contributed by atoms with Crippen molar-refractivity contribution in [3.63, 3.8) is 0 Å². The summed E-state index contributed by atoms with van der Waals surface area (Å²) in [5.41, 5.74) is 7.74. The highest BCUT2D eigenvalue weighted by atomic mass is 16.5. The van der Waals surface area contributed by atoms with Crippen LogP contribution in [0.2, 0.25) is 0 Å². The molecule has 26 heavy (non-hydrogen) atoms. The molecule has 0 aliphatic carbocycles. The quantitative estimate of drug-likeness (QED) is 0.385. The second-order valence-corrected chi connectivity index (χ2v) is 6.12. The highest BCUT2D eigenvalue weighted by Crippen LogP contribution is 2.24. The predicted molar refractivity (Wildman–Crippen MR) is 99.0 cm³/mol. The molecule has 1 aliphatic heterocycles. The van der Waals surface area contributed by atoms with Gasteiger partial charge in [0.25, 0.3) is 0 Å². The topological polar surface area (TPSA) is 118 Å². The van der Waals surface area contributed by atoms with Gasteiger partial charge in [0.15, 0.2) is 0 Å². The third-order valence-corrected chi connectivity index (χ3v) is 4.25. The van der Waals surface area contributed by atoms with Crippen LogP contribution in [0.25, 0.3) is 0 Å². The predicted octanol–water partition coefficient (Wildman–Crippen LogP) is 1.07. The number of aliphatic hydroxyl groups is 1. The van der Waals surface area contributed by atoms with Crippen LogP contribution in [0.5, 0.6) is 5.75 Å². The Kier molecular flexibility index (Phi) is 5.65. The van der Waals surface area contributed by atoms with Gasteiger partial charge in [-0.2, -0.15) is 0 Å². The number of rotatable bonds is 7. The van der Waals surface area contributed by atoms with Gasteiger partial charge in [-0.25, -0.2) is 9.97 Å². The van der Waals surface area contributed by atoms with Gasteiger partial charge in [-0.05, 0) is 24.6 Å². The first-order valence-corrected chi connectivity index (χ1v) is 8.44. The summed E-state index contributed by atoms with van der Waals surface area (Å²) in [7, 11) is 1.61. The lowest BCUT2D eigenvalue weighted by Gasteiger charge is -2.17. The molecule has 1 aliphatic rings. The molecule has 1 aromatic heterocycles. The zero-order valence-corrected chi connectivity index (χ0v) is 14.7. The lowest BCUT2D eigenvalue weighted by Crippen LogP contribution is -2.23. The standard InChI is InChI=1S/C18H23N5O3/c1-25-6-7-26-13-2-3-15(19)14(8-13)18(20)16-9-17(22-11-21-16)23-5-4-12(24)10-23/h2-3,8-9,11-12,20,24H,4-7,10,19H2,1H3/t12-/m1/s1. The van der Waals surface area contributed by atoms with E-state index in [4.69, 9.17) is 20.6 Å². The first kappa shape index (κ1) is 18.1. The molecule has 1 aromatic carbocycles. The number of nitrogen functional groups attached to an aromatic ring is 1. The molecule has 0 bridgehead atoms.